The number of rotatable bonds is 7. The third-order valence-corrected chi connectivity index (χ3v) is 3.95. The number of nitrogens with zero attached hydrogens (tertiary/aromatic N) is 1. The number of aliphatic imine (C=N–C) groups is 1. The summed E-state index contributed by atoms with van der Waals surface area (Å²) in [6, 6.07) is 8.44. The molecule has 1 saturated heterocycles. The highest BCUT2D eigenvalue weighted by atomic mass is 16.5. The summed E-state index contributed by atoms with van der Waals surface area (Å²) in [6.45, 7) is 12.1. The Morgan fingerprint density at radius 1 is 1.28 bits per heavy atom. The molecule has 140 valence electrons. The molecule has 2 rings (SSSR count). The van der Waals surface area contributed by atoms with E-state index in [0.29, 0.717) is 19.3 Å². The summed E-state index contributed by atoms with van der Waals surface area (Å²) in [4.78, 5) is 4.69. The maximum atomic E-state index is 5.86. The Morgan fingerprint density at radius 2 is 2.08 bits per heavy atom. The molecule has 1 unspecified atom stereocenters. The van der Waals surface area contributed by atoms with Crippen molar-refractivity contribution in [2.45, 2.75) is 65.4 Å². The minimum Gasteiger partial charge on any atom is -0.376 e. The Labute approximate surface area is 152 Å². The van der Waals surface area contributed by atoms with E-state index >= 15 is 0 Å². The Hall–Kier alpha value is -1.59. The predicted molar refractivity (Wildman–Crippen MR) is 103 cm³/mol. The van der Waals surface area contributed by atoms with Gasteiger partial charge < -0.3 is 20.1 Å². The first kappa shape index (κ1) is 19.7. The molecule has 1 aliphatic rings. The van der Waals surface area contributed by atoms with E-state index in [4.69, 9.17) is 14.5 Å². The molecule has 0 amide bonds. The molecule has 0 bridgehead atoms. The molecule has 0 aliphatic carbocycles. The maximum absolute atomic E-state index is 5.86. The second kappa shape index (κ2) is 9.78. The van der Waals surface area contributed by atoms with Crippen LogP contribution in [-0.2, 0) is 22.6 Å². The smallest absolute Gasteiger partial charge is 0.191 e. The van der Waals surface area contributed by atoms with Crippen molar-refractivity contribution in [1.82, 2.24) is 10.6 Å². The Balaban J connectivity index is 1.89. The first-order valence-corrected chi connectivity index (χ1v) is 9.32. The number of hydrogen-bond acceptors (Lipinski definition) is 3. The quantitative estimate of drug-likeness (QED) is 0.587. The van der Waals surface area contributed by atoms with Crippen LogP contribution in [0.3, 0.4) is 0 Å². The Morgan fingerprint density at radius 3 is 2.76 bits per heavy atom. The van der Waals surface area contributed by atoms with Crippen LogP contribution in [0.15, 0.2) is 29.3 Å². The molecular formula is C20H33N3O2. The van der Waals surface area contributed by atoms with Gasteiger partial charge >= 0.3 is 0 Å². The third-order valence-electron chi connectivity index (χ3n) is 3.95. The summed E-state index contributed by atoms with van der Waals surface area (Å²) in [6.07, 6.45) is 2.59. The van der Waals surface area contributed by atoms with Crippen LogP contribution < -0.4 is 10.6 Å². The lowest BCUT2D eigenvalue weighted by molar-refractivity contribution is -0.0149. The zero-order valence-corrected chi connectivity index (χ0v) is 16.1. The van der Waals surface area contributed by atoms with E-state index in [0.717, 1.165) is 38.5 Å². The van der Waals surface area contributed by atoms with Crippen LogP contribution in [0.4, 0.5) is 0 Å². The Bertz CT molecular complexity index is 546. The normalized spacial score (nSPS) is 18.4. The fraction of sp³-hybridized carbons (Fsp3) is 0.650. The minimum absolute atomic E-state index is 0.126. The largest absolute Gasteiger partial charge is 0.376 e. The number of hydrogen-bond donors (Lipinski definition) is 2. The summed E-state index contributed by atoms with van der Waals surface area (Å²) >= 11 is 0. The second-order valence-corrected chi connectivity index (χ2v) is 7.43. The second-order valence-electron chi connectivity index (χ2n) is 7.43. The van der Waals surface area contributed by atoms with Gasteiger partial charge in [0.2, 0.25) is 0 Å². The van der Waals surface area contributed by atoms with E-state index in [1.807, 2.05) is 0 Å². The topological polar surface area (TPSA) is 54.9 Å². The van der Waals surface area contributed by atoms with E-state index < -0.39 is 0 Å². The van der Waals surface area contributed by atoms with Crippen LogP contribution in [0.5, 0.6) is 0 Å². The molecule has 0 saturated carbocycles. The molecule has 5 nitrogen and oxygen atoms in total. The van der Waals surface area contributed by atoms with Crippen LogP contribution >= 0.6 is 0 Å². The van der Waals surface area contributed by atoms with Gasteiger partial charge in [0.05, 0.1) is 24.9 Å². The van der Waals surface area contributed by atoms with E-state index in [1.54, 1.807) is 0 Å². The number of ether oxygens (including phenoxy) is 2. The highest BCUT2D eigenvalue weighted by Gasteiger charge is 2.15. The molecule has 1 aliphatic heterocycles. The molecule has 1 aromatic carbocycles. The van der Waals surface area contributed by atoms with Gasteiger partial charge in [-0.05, 0) is 51.7 Å². The van der Waals surface area contributed by atoms with Crippen LogP contribution in [0.25, 0.3) is 0 Å². The average molecular weight is 348 g/mol. The van der Waals surface area contributed by atoms with Crippen molar-refractivity contribution in [1.29, 1.82) is 0 Å². The van der Waals surface area contributed by atoms with Gasteiger partial charge in [0.25, 0.3) is 0 Å². The van der Waals surface area contributed by atoms with Crippen molar-refractivity contribution in [3.8, 4) is 0 Å². The first-order chi connectivity index (χ1) is 12.0. The minimum atomic E-state index is -0.126. The van der Waals surface area contributed by atoms with Crippen LogP contribution in [0.2, 0.25) is 0 Å². The number of nitrogens with one attached hydrogen (secondary N) is 2. The fourth-order valence-electron chi connectivity index (χ4n) is 2.65. The van der Waals surface area contributed by atoms with Crippen LogP contribution in [0, 0.1) is 0 Å². The monoisotopic (exact) mass is 347 g/mol. The molecule has 25 heavy (non-hydrogen) atoms. The summed E-state index contributed by atoms with van der Waals surface area (Å²) in [5.41, 5.74) is 2.24. The van der Waals surface area contributed by atoms with Gasteiger partial charge in [0.15, 0.2) is 5.96 Å². The summed E-state index contributed by atoms with van der Waals surface area (Å²) in [5, 5.41) is 6.68. The zero-order chi connectivity index (χ0) is 18.1. The van der Waals surface area contributed by atoms with Gasteiger partial charge in [-0.1, -0.05) is 24.3 Å². The SMILES string of the molecule is CCNC(=NCc1cccc(COC(C)(C)C)c1)NCC1CCCO1. The predicted octanol–water partition coefficient (Wildman–Crippen LogP) is 3.24. The lowest BCUT2D eigenvalue weighted by Gasteiger charge is -2.19. The highest BCUT2D eigenvalue weighted by molar-refractivity contribution is 5.79. The van der Waals surface area contributed by atoms with Crippen molar-refractivity contribution in [3.63, 3.8) is 0 Å². The molecule has 0 aromatic heterocycles. The van der Waals surface area contributed by atoms with Crippen molar-refractivity contribution < 1.29 is 9.47 Å². The lowest BCUT2D eigenvalue weighted by atomic mass is 10.1. The molecule has 1 aromatic rings. The van der Waals surface area contributed by atoms with Crippen molar-refractivity contribution in [2.24, 2.45) is 4.99 Å². The van der Waals surface area contributed by atoms with Gasteiger partial charge in [0.1, 0.15) is 0 Å². The molecule has 1 atom stereocenters. The van der Waals surface area contributed by atoms with Gasteiger partial charge in [-0.15, -0.1) is 0 Å². The molecule has 1 heterocycles. The van der Waals surface area contributed by atoms with E-state index in [-0.39, 0.29) is 5.60 Å². The highest BCUT2D eigenvalue weighted by Crippen LogP contribution is 2.14. The van der Waals surface area contributed by atoms with Crippen molar-refractivity contribution in [3.05, 3.63) is 35.4 Å². The van der Waals surface area contributed by atoms with E-state index in [1.165, 1.54) is 11.1 Å². The van der Waals surface area contributed by atoms with Crippen molar-refractivity contribution >= 4 is 5.96 Å². The molecule has 0 radical (unpaired) electrons. The van der Waals surface area contributed by atoms with Crippen LogP contribution in [-0.4, -0.2) is 37.4 Å². The molecule has 5 heteroatoms. The van der Waals surface area contributed by atoms with E-state index in [9.17, 15) is 0 Å². The van der Waals surface area contributed by atoms with Gasteiger partial charge in [-0.2, -0.15) is 0 Å². The lowest BCUT2D eigenvalue weighted by Crippen LogP contribution is -2.41. The molecule has 1 fully saturated rings. The maximum Gasteiger partial charge on any atom is 0.191 e. The van der Waals surface area contributed by atoms with Gasteiger partial charge in [-0.25, -0.2) is 4.99 Å². The number of benzene rings is 1. The summed E-state index contributed by atoms with van der Waals surface area (Å²) < 4.78 is 11.5. The molecular weight excluding hydrogens is 314 g/mol. The molecule has 2 N–H and O–H groups in total. The van der Waals surface area contributed by atoms with Crippen LogP contribution in [0.1, 0.15) is 51.7 Å². The first-order valence-electron chi connectivity index (χ1n) is 9.32. The van der Waals surface area contributed by atoms with Gasteiger partial charge in [-0.3, -0.25) is 0 Å². The third kappa shape index (κ3) is 7.88. The summed E-state index contributed by atoms with van der Waals surface area (Å²) in [5.74, 6) is 0.842. The fourth-order valence-corrected chi connectivity index (χ4v) is 2.65. The summed E-state index contributed by atoms with van der Waals surface area (Å²) in [7, 11) is 0. The van der Waals surface area contributed by atoms with Crippen molar-refractivity contribution in [2.75, 3.05) is 19.7 Å². The zero-order valence-electron chi connectivity index (χ0n) is 16.1. The Kier molecular flexibility index (Phi) is 7.72. The number of guanidine groups is 1. The van der Waals surface area contributed by atoms with Gasteiger partial charge in [0, 0.05) is 19.7 Å². The molecule has 0 spiro atoms. The average Bonchev–Trinajstić information content (AvgIpc) is 3.09. The van der Waals surface area contributed by atoms with E-state index in [2.05, 4.69) is 62.6 Å². The standard InChI is InChI=1S/C20H33N3O2/c1-5-21-19(23-14-18-10-7-11-24-18)22-13-16-8-6-9-17(12-16)15-25-20(2,3)4/h6,8-9,12,18H,5,7,10-11,13-15H2,1-4H3,(H2,21,22,23).